The number of thiophene rings is 1. The van der Waals surface area contributed by atoms with Crippen molar-refractivity contribution >= 4 is 86.7 Å². The lowest BCUT2D eigenvalue weighted by Crippen LogP contribution is -2.22. The predicted molar refractivity (Wildman–Crippen MR) is 184 cm³/mol. The van der Waals surface area contributed by atoms with Crippen LogP contribution in [0.4, 0.5) is 5.69 Å². The van der Waals surface area contributed by atoms with Crippen LogP contribution in [-0.4, -0.2) is 44.0 Å². The fourth-order valence-corrected chi connectivity index (χ4v) is 9.30. The van der Waals surface area contributed by atoms with E-state index < -0.39 is 20.2 Å². The van der Waals surface area contributed by atoms with Crippen LogP contribution >= 0.6 is 23.1 Å². The topological polar surface area (TPSA) is 112 Å². The van der Waals surface area contributed by atoms with Crippen LogP contribution in [0.5, 0.6) is 0 Å². The molecule has 44 heavy (non-hydrogen) atoms. The van der Waals surface area contributed by atoms with E-state index in [-0.39, 0.29) is 17.9 Å². The number of thioether (sulfide) groups is 1. The van der Waals surface area contributed by atoms with Crippen LogP contribution in [0, 0.1) is 0 Å². The van der Waals surface area contributed by atoms with E-state index in [9.17, 15) is 25.9 Å². The standard InChI is InChI=1S/C33H31NO6S4/c1-22(20-30-27(12-6-18-43(35,36)37)32-25-10-4-2-8-23(25)13-15-28(32)41-30)21-31-34(17-7-19-44(38,39)40)33-26-11-5-3-9-24(26)14-16-29(33)42-31/h2-5,8-11,13-16,20-21H,6-7,12,17-19H2,1H3,(H,35,36,37)(H,38,39,40)/b22-20+,31-21-. The highest BCUT2D eigenvalue weighted by Gasteiger charge is 2.27. The SMILES string of the molecule is CC(/C=C1\Sc2ccc3ccccc3c2N1CCCS(=O)(=O)O)=C\c1sc2ccc3ccccc3c2c1CCCS(=O)(=O)O. The zero-order chi connectivity index (χ0) is 31.1. The van der Waals surface area contributed by atoms with Crippen LogP contribution in [0.2, 0.25) is 0 Å². The van der Waals surface area contributed by atoms with Gasteiger partial charge in [0.15, 0.2) is 0 Å². The van der Waals surface area contributed by atoms with Gasteiger partial charge in [-0.25, -0.2) is 0 Å². The number of hydrogen-bond acceptors (Lipinski definition) is 7. The fraction of sp³-hybridized carbons (Fsp3) is 0.212. The number of benzene rings is 4. The van der Waals surface area contributed by atoms with Gasteiger partial charge in [0.05, 0.1) is 22.2 Å². The Morgan fingerprint density at radius 2 is 1.45 bits per heavy atom. The molecule has 5 aromatic rings. The van der Waals surface area contributed by atoms with Gasteiger partial charge in [0.2, 0.25) is 0 Å². The first kappa shape index (κ1) is 30.8. The van der Waals surface area contributed by atoms with Gasteiger partial charge in [-0.05, 0) is 77.8 Å². The second-order valence-electron chi connectivity index (χ2n) is 10.9. The molecule has 1 aliphatic rings. The van der Waals surface area contributed by atoms with Gasteiger partial charge >= 0.3 is 0 Å². The highest BCUT2D eigenvalue weighted by molar-refractivity contribution is 8.03. The molecule has 6 rings (SSSR count). The maximum atomic E-state index is 11.5. The van der Waals surface area contributed by atoms with Gasteiger partial charge in [0.25, 0.3) is 20.2 Å². The second-order valence-corrected chi connectivity index (χ2v) is 16.2. The molecule has 0 amide bonds. The molecule has 1 aromatic heterocycles. The molecular formula is C33H31NO6S4. The normalized spacial score (nSPS) is 15.2. The molecule has 0 fully saturated rings. The minimum Gasteiger partial charge on any atom is -0.334 e. The summed E-state index contributed by atoms with van der Waals surface area (Å²) in [5.74, 6) is -0.623. The average Bonchev–Trinajstić information content (AvgIpc) is 3.49. The maximum Gasteiger partial charge on any atom is 0.264 e. The lowest BCUT2D eigenvalue weighted by Gasteiger charge is -2.22. The zero-order valence-electron chi connectivity index (χ0n) is 23.9. The molecule has 2 heterocycles. The van der Waals surface area contributed by atoms with Crippen molar-refractivity contribution in [2.24, 2.45) is 0 Å². The number of allylic oxidation sites excluding steroid dienone is 2. The third-order valence-electron chi connectivity index (χ3n) is 7.65. The Morgan fingerprint density at radius 3 is 2.18 bits per heavy atom. The van der Waals surface area contributed by atoms with Gasteiger partial charge in [0.1, 0.15) is 0 Å². The molecule has 0 spiro atoms. The smallest absolute Gasteiger partial charge is 0.264 e. The molecule has 1 aliphatic heterocycles. The fourth-order valence-electron chi connectivity index (χ4n) is 5.80. The van der Waals surface area contributed by atoms with Crippen LogP contribution in [0.1, 0.15) is 30.2 Å². The maximum absolute atomic E-state index is 11.5. The molecule has 0 unspecified atom stereocenters. The summed E-state index contributed by atoms with van der Waals surface area (Å²) in [7, 11) is -8.16. The number of fused-ring (bicyclic) bond motifs is 6. The molecule has 0 saturated carbocycles. The Morgan fingerprint density at radius 1 is 0.818 bits per heavy atom. The van der Waals surface area contributed by atoms with Crippen molar-refractivity contribution in [3.05, 3.63) is 99.9 Å². The monoisotopic (exact) mass is 665 g/mol. The molecule has 7 nitrogen and oxygen atoms in total. The molecule has 0 atom stereocenters. The lowest BCUT2D eigenvalue weighted by molar-refractivity contribution is 0.479. The summed E-state index contributed by atoms with van der Waals surface area (Å²) in [5, 5.41) is 6.45. The van der Waals surface area contributed by atoms with Crippen molar-refractivity contribution in [3.63, 3.8) is 0 Å². The molecule has 0 aliphatic carbocycles. The predicted octanol–water partition coefficient (Wildman–Crippen LogP) is 8.16. The molecule has 0 radical (unpaired) electrons. The summed E-state index contributed by atoms with van der Waals surface area (Å²) in [5.41, 5.74) is 3.07. The van der Waals surface area contributed by atoms with Gasteiger partial charge in [-0.15, -0.1) is 11.3 Å². The Hall–Kier alpha value is -3.19. The molecule has 2 N–H and O–H groups in total. The molecule has 228 valence electrons. The molecule has 0 bridgehead atoms. The van der Waals surface area contributed by atoms with E-state index in [2.05, 4.69) is 65.6 Å². The summed E-state index contributed by atoms with van der Waals surface area (Å²) >= 11 is 3.28. The quantitative estimate of drug-likeness (QED) is 0.144. The van der Waals surface area contributed by atoms with E-state index >= 15 is 0 Å². The number of rotatable bonds is 10. The third-order valence-corrected chi connectivity index (χ3v) is 11.5. The number of anilines is 1. The van der Waals surface area contributed by atoms with Crippen molar-refractivity contribution in [3.8, 4) is 0 Å². The summed E-state index contributed by atoms with van der Waals surface area (Å²) in [4.78, 5) is 4.25. The van der Waals surface area contributed by atoms with Crippen LogP contribution in [0.25, 0.3) is 37.7 Å². The first-order chi connectivity index (χ1) is 21.0. The summed E-state index contributed by atoms with van der Waals surface area (Å²) < 4.78 is 65.9. The molecular weight excluding hydrogens is 635 g/mol. The third kappa shape index (κ3) is 6.73. The minimum atomic E-state index is -4.08. The summed E-state index contributed by atoms with van der Waals surface area (Å²) in [6.45, 7) is 2.44. The van der Waals surface area contributed by atoms with E-state index in [1.54, 1.807) is 23.1 Å². The molecule has 0 saturated heterocycles. The van der Waals surface area contributed by atoms with Crippen LogP contribution in [0.15, 0.2) is 94.4 Å². The van der Waals surface area contributed by atoms with Crippen LogP contribution < -0.4 is 4.90 Å². The van der Waals surface area contributed by atoms with Crippen molar-refractivity contribution in [1.82, 2.24) is 0 Å². The van der Waals surface area contributed by atoms with Gasteiger partial charge in [-0.3, -0.25) is 9.11 Å². The Bertz CT molecular complexity index is 2180. The first-order valence-electron chi connectivity index (χ1n) is 14.2. The van der Waals surface area contributed by atoms with E-state index in [1.165, 1.54) is 0 Å². The Kier molecular flexibility index (Phi) is 8.62. The van der Waals surface area contributed by atoms with Crippen molar-refractivity contribution < 1.29 is 25.9 Å². The van der Waals surface area contributed by atoms with E-state index in [0.717, 1.165) is 63.3 Å². The largest absolute Gasteiger partial charge is 0.334 e. The summed E-state index contributed by atoms with van der Waals surface area (Å²) in [6, 6.07) is 24.6. The highest BCUT2D eigenvalue weighted by atomic mass is 32.2. The first-order valence-corrected chi connectivity index (χ1v) is 19.0. The second kappa shape index (κ2) is 12.3. The minimum absolute atomic E-state index is 0.267. The highest BCUT2D eigenvalue weighted by Crippen LogP contribution is 2.50. The molecule has 4 aromatic carbocycles. The van der Waals surface area contributed by atoms with Crippen molar-refractivity contribution in [2.45, 2.75) is 31.1 Å². The zero-order valence-corrected chi connectivity index (χ0v) is 27.2. The lowest BCUT2D eigenvalue weighted by atomic mass is 9.99. The Labute approximate surface area is 265 Å². The average molecular weight is 666 g/mol. The van der Waals surface area contributed by atoms with E-state index in [0.29, 0.717) is 19.4 Å². The summed E-state index contributed by atoms with van der Waals surface area (Å²) in [6.07, 6.45) is 5.28. The van der Waals surface area contributed by atoms with Crippen molar-refractivity contribution in [1.29, 1.82) is 0 Å². The van der Waals surface area contributed by atoms with Crippen LogP contribution in [-0.2, 0) is 26.7 Å². The van der Waals surface area contributed by atoms with Crippen molar-refractivity contribution in [2.75, 3.05) is 23.0 Å². The Balaban J connectivity index is 1.41. The number of aryl methyl sites for hydroxylation is 1. The van der Waals surface area contributed by atoms with Gasteiger partial charge in [-0.1, -0.05) is 72.4 Å². The van der Waals surface area contributed by atoms with Crippen LogP contribution in [0.3, 0.4) is 0 Å². The van der Waals surface area contributed by atoms with E-state index in [1.807, 2.05) is 31.2 Å². The molecule has 11 heteroatoms. The van der Waals surface area contributed by atoms with E-state index in [4.69, 9.17) is 0 Å². The number of nitrogens with zero attached hydrogens (tertiary/aromatic N) is 1. The number of hydrogen-bond donors (Lipinski definition) is 2. The van der Waals surface area contributed by atoms with Gasteiger partial charge in [0, 0.05) is 31.8 Å². The van der Waals surface area contributed by atoms with Gasteiger partial charge in [-0.2, -0.15) is 16.8 Å². The van der Waals surface area contributed by atoms with Gasteiger partial charge < -0.3 is 4.90 Å².